The van der Waals surface area contributed by atoms with Crippen molar-refractivity contribution in [2.75, 3.05) is 6.61 Å². The van der Waals surface area contributed by atoms with E-state index in [2.05, 4.69) is 30.3 Å². The summed E-state index contributed by atoms with van der Waals surface area (Å²) in [4.78, 5) is 11.9. The summed E-state index contributed by atoms with van der Waals surface area (Å²) in [5.41, 5.74) is 3.92. The number of hydrogen-bond donors (Lipinski definition) is 0. The molecule has 0 spiro atoms. The van der Waals surface area contributed by atoms with Gasteiger partial charge in [-0.25, -0.2) is 4.79 Å². The van der Waals surface area contributed by atoms with Crippen LogP contribution in [0.4, 0.5) is 0 Å². The van der Waals surface area contributed by atoms with E-state index in [1.807, 2.05) is 6.92 Å². The van der Waals surface area contributed by atoms with Gasteiger partial charge < -0.3 is 4.74 Å². The maximum Gasteiger partial charge on any atom is 0.334 e. The second-order valence-electron chi connectivity index (χ2n) is 5.52. The summed E-state index contributed by atoms with van der Waals surface area (Å²) in [6.45, 7) is 2.34. The number of hydrogen-bond acceptors (Lipinski definition) is 2. The van der Waals surface area contributed by atoms with Crippen LogP contribution in [0, 0.1) is 11.8 Å². The van der Waals surface area contributed by atoms with E-state index in [4.69, 9.17) is 4.74 Å². The first-order valence-electron chi connectivity index (χ1n) is 6.79. The fourth-order valence-electron chi connectivity index (χ4n) is 4.20. The van der Waals surface area contributed by atoms with Gasteiger partial charge in [0.1, 0.15) is 0 Å². The van der Waals surface area contributed by atoms with Crippen molar-refractivity contribution < 1.29 is 9.53 Å². The van der Waals surface area contributed by atoms with Crippen molar-refractivity contribution in [1.29, 1.82) is 0 Å². The molecule has 2 nitrogen and oxygen atoms in total. The molecule has 0 N–H and O–H groups in total. The molecule has 0 heterocycles. The Morgan fingerprint density at radius 2 is 2.00 bits per heavy atom. The van der Waals surface area contributed by atoms with Gasteiger partial charge in [0.2, 0.25) is 0 Å². The standard InChI is InChI=1S/C16H16O2/c1-2-18-16(17)14-8-13-11-7-12(15(13)14)10-6-4-3-5-9(10)11/h3-6,8,11-13,15H,2,7H2,1H3/t11-,12+,13-,15+/m1/s1. The molecule has 0 unspecified atom stereocenters. The highest BCUT2D eigenvalue weighted by atomic mass is 16.5. The molecule has 0 radical (unpaired) electrons. The zero-order chi connectivity index (χ0) is 12.3. The Morgan fingerprint density at radius 3 is 2.72 bits per heavy atom. The van der Waals surface area contributed by atoms with Crippen molar-refractivity contribution in [3.63, 3.8) is 0 Å². The minimum absolute atomic E-state index is 0.0937. The third kappa shape index (κ3) is 1.11. The number of allylic oxidation sites excluding steroid dienone is 1. The number of carbonyl (C=O) groups is 1. The summed E-state index contributed by atoms with van der Waals surface area (Å²) in [6, 6.07) is 8.73. The average molecular weight is 240 g/mol. The number of fused-ring (bicyclic) bond motifs is 8. The summed E-state index contributed by atoms with van der Waals surface area (Å²) in [5, 5.41) is 0. The van der Waals surface area contributed by atoms with E-state index in [1.165, 1.54) is 17.5 Å². The first-order valence-corrected chi connectivity index (χ1v) is 6.79. The minimum atomic E-state index is -0.0937. The van der Waals surface area contributed by atoms with Crippen LogP contribution in [0.2, 0.25) is 0 Å². The van der Waals surface area contributed by atoms with Crippen molar-refractivity contribution in [2.24, 2.45) is 11.8 Å². The highest BCUT2D eigenvalue weighted by Gasteiger charge is 2.56. The summed E-state index contributed by atoms with van der Waals surface area (Å²) >= 11 is 0. The van der Waals surface area contributed by atoms with Crippen LogP contribution in [0.25, 0.3) is 0 Å². The predicted octanol–water partition coefficient (Wildman–Crippen LogP) is 3.01. The second-order valence-corrected chi connectivity index (χ2v) is 5.52. The molecule has 4 rings (SSSR count). The summed E-state index contributed by atoms with van der Waals surface area (Å²) in [6.07, 6.45) is 3.37. The molecule has 2 heteroatoms. The predicted molar refractivity (Wildman–Crippen MR) is 68.2 cm³/mol. The third-order valence-electron chi connectivity index (χ3n) is 4.86. The number of rotatable bonds is 2. The van der Waals surface area contributed by atoms with Crippen molar-refractivity contribution in [2.45, 2.75) is 25.2 Å². The summed E-state index contributed by atoms with van der Waals surface area (Å²) in [5.74, 6) is 2.13. The van der Waals surface area contributed by atoms with E-state index >= 15 is 0 Å². The first-order chi connectivity index (χ1) is 8.81. The highest BCUT2D eigenvalue weighted by molar-refractivity contribution is 5.92. The van der Waals surface area contributed by atoms with Gasteiger partial charge in [0.05, 0.1) is 6.61 Å². The molecular formula is C16H16O2. The normalized spacial score (nSPS) is 34.4. The molecule has 0 saturated heterocycles. The molecule has 18 heavy (non-hydrogen) atoms. The molecule has 2 bridgehead atoms. The molecule has 1 fully saturated rings. The van der Waals surface area contributed by atoms with Crippen molar-refractivity contribution in [3.8, 4) is 0 Å². The molecule has 1 aromatic rings. The van der Waals surface area contributed by atoms with Gasteiger partial charge in [-0.3, -0.25) is 0 Å². The highest BCUT2D eigenvalue weighted by Crippen LogP contribution is 2.65. The topological polar surface area (TPSA) is 26.3 Å². The first kappa shape index (κ1) is 10.4. The van der Waals surface area contributed by atoms with Crippen LogP contribution in [0.15, 0.2) is 35.9 Å². The molecule has 1 saturated carbocycles. The Bertz CT molecular complexity index is 558. The molecule has 3 aliphatic carbocycles. The van der Waals surface area contributed by atoms with Crippen LogP contribution in [-0.4, -0.2) is 12.6 Å². The van der Waals surface area contributed by atoms with Gasteiger partial charge in [0.15, 0.2) is 0 Å². The fourth-order valence-corrected chi connectivity index (χ4v) is 4.20. The maximum atomic E-state index is 11.9. The zero-order valence-corrected chi connectivity index (χ0v) is 10.4. The Labute approximate surface area is 107 Å². The number of esters is 1. The molecule has 0 aliphatic heterocycles. The Balaban J connectivity index is 1.68. The van der Waals surface area contributed by atoms with Crippen molar-refractivity contribution in [1.82, 2.24) is 0 Å². The van der Waals surface area contributed by atoms with Crippen LogP contribution in [-0.2, 0) is 9.53 Å². The molecule has 4 atom stereocenters. The Hall–Kier alpha value is -1.57. The van der Waals surface area contributed by atoms with Crippen LogP contribution >= 0.6 is 0 Å². The van der Waals surface area contributed by atoms with Crippen molar-refractivity contribution in [3.05, 3.63) is 47.0 Å². The molecule has 92 valence electrons. The minimum Gasteiger partial charge on any atom is -0.463 e. The van der Waals surface area contributed by atoms with E-state index < -0.39 is 0 Å². The molecular weight excluding hydrogens is 224 g/mol. The van der Waals surface area contributed by atoms with E-state index in [9.17, 15) is 4.79 Å². The molecule has 0 amide bonds. The Morgan fingerprint density at radius 1 is 1.28 bits per heavy atom. The lowest BCUT2D eigenvalue weighted by Gasteiger charge is -2.39. The van der Waals surface area contributed by atoms with Gasteiger partial charge in [0.25, 0.3) is 0 Å². The van der Waals surface area contributed by atoms with E-state index in [-0.39, 0.29) is 5.97 Å². The maximum absolute atomic E-state index is 11.9. The quantitative estimate of drug-likeness (QED) is 0.743. The van der Waals surface area contributed by atoms with Crippen molar-refractivity contribution >= 4 is 5.97 Å². The fraction of sp³-hybridized carbons (Fsp3) is 0.438. The molecule has 1 aromatic carbocycles. The largest absolute Gasteiger partial charge is 0.463 e. The lowest BCUT2D eigenvalue weighted by molar-refractivity contribution is -0.139. The average Bonchev–Trinajstić information content (AvgIpc) is 2.81. The zero-order valence-electron chi connectivity index (χ0n) is 10.4. The monoisotopic (exact) mass is 240 g/mol. The van der Waals surface area contributed by atoms with Gasteiger partial charge >= 0.3 is 5.97 Å². The lowest BCUT2D eigenvalue weighted by Crippen LogP contribution is -2.34. The van der Waals surface area contributed by atoms with E-state index in [1.54, 1.807) is 0 Å². The Kier molecular flexibility index (Phi) is 2.00. The molecule has 3 aliphatic rings. The van der Waals surface area contributed by atoms with E-state index in [0.717, 1.165) is 5.57 Å². The van der Waals surface area contributed by atoms with Gasteiger partial charge in [-0.05, 0) is 42.2 Å². The smallest absolute Gasteiger partial charge is 0.334 e. The third-order valence-corrected chi connectivity index (χ3v) is 4.86. The number of ether oxygens (including phenoxy) is 1. The van der Waals surface area contributed by atoms with Gasteiger partial charge in [-0.1, -0.05) is 30.3 Å². The number of carbonyl (C=O) groups excluding carboxylic acids is 1. The second kappa shape index (κ2) is 3.47. The van der Waals surface area contributed by atoms with Crippen LogP contribution in [0.1, 0.15) is 36.3 Å². The van der Waals surface area contributed by atoms with Crippen LogP contribution < -0.4 is 0 Å². The summed E-state index contributed by atoms with van der Waals surface area (Å²) in [7, 11) is 0. The van der Waals surface area contributed by atoms with Gasteiger partial charge in [0, 0.05) is 11.5 Å². The lowest BCUT2D eigenvalue weighted by atomic mass is 9.65. The van der Waals surface area contributed by atoms with E-state index in [0.29, 0.717) is 30.3 Å². The number of benzene rings is 1. The summed E-state index contributed by atoms with van der Waals surface area (Å²) < 4.78 is 5.14. The van der Waals surface area contributed by atoms with Gasteiger partial charge in [-0.15, -0.1) is 0 Å². The van der Waals surface area contributed by atoms with Gasteiger partial charge in [-0.2, -0.15) is 0 Å². The molecule has 0 aromatic heterocycles. The van der Waals surface area contributed by atoms with Crippen LogP contribution in [0.3, 0.4) is 0 Å². The van der Waals surface area contributed by atoms with Crippen LogP contribution in [0.5, 0.6) is 0 Å². The SMILES string of the molecule is CCOC(=O)C1=C[C@H]2[C@@H]1[C@H]1C[C@@H]2c2ccccc21.